The van der Waals surface area contributed by atoms with Crippen molar-refractivity contribution in [3.8, 4) is 0 Å². The molecule has 0 spiro atoms. The molecule has 0 aromatic carbocycles. The number of carbonyl (C=O) groups is 3. The maximum Gasteiger partial charge on any atom is 0.322 e. The molecule has 2 aliphatic rings. The second-order valence-electron chi connectivity index (χ2n) is 7.05. The number of rotatable bonds is 6. The lowest BCUT2D eigenvalue weighted by atomic mass is 9.80. The smallest absolute Gasteiger partial charge is 0.322 e. The monoisotopic (exact) mass is 336 g/mol. The van der Waals surface area contributed by atoms with Crippen LogP contribution in [0.15, 0.2) is 12.2 Å². The van der Waals surface area contributed by atoms with Gasteiger partial charge in [0.15, 0.2) is 0 Å². The summed E-state index contributed by atoms with van der Waals surface area (Å²) in [5, 5.41) is 5.07. The molecule has 4 amide bonds. The Hall–Kier alpha value is -1.89. The maximum absolute atomic E-state index is 12.5. The van der Waals surface area contributed by atoms with Gasteiger partial charge in [0.05, 0.1) is 6.54 Å². The van der Waals surface area contributed by atoms with Gasteiger partial charge in [-0.15, -0.1) is 0 Å². The van der Waals surface area contributed by atoms with Gasteiger partial charge in [0.1, 0.15) is 5.54 Å². The molecule has 0 aromatic heterocycles. The van der Waals surface area contributed by atoms with Crippen LogP contribution in [0.4, 0.5) is 4.79 Å². The van der Waals surface area contributed by atoms with E-state index in [0.717, 1.165) is 25.0 Å². The van der Waals surface area contributed by atoms with Crippen molar-refractivity contribution in [2.75, 3.05) is 32.7 Å². The number of piperidine rings is 1. The SMILES string of the molecule is C=C(C)CN(CC)C(=O)CN1CCC[C@H]([C@@]2(C)NC(=O)NC2=O)C1. The zero-order valence-electron chi connectivity index (χ0n) is 14.9. The summed E-state index contributed by atoms with van der Waals surface area (Å²) in [6.07, 6.45) is 1.77. The van der Waals surface area contributed by atoms with E-state index in [2.05, 4.69) is 22.1 Å². The summed E-state index contributed by atoms with van der Waals surface area (Å²) < 4.78 is 0. The minimum atomic E-state index is -0.888. The summed E-state index contributed by atoms with van der Waals surface area (Å²) in [6, 6.07) is -0.436. The van der Waals surface area contributed by atoms with Gasteiger partial charge < -0.3 is 10.2 Å². The zero-order chi connectivity index (χ0) is 17.9. The van der Waals surface area contributed by atoms with Crippen molar-refractivity contribution < 1.29 is 14.4 Å². The highest BCUT2D eigenvalue weighted by Crippen LogP contribution is 2.29. The predicted octanol–water partition coefficient (Wildman–Crippen LogP) is 0.721. The Labute approximate surface area is 143 Å². The van der Waals surface area contributed by atoms with Crippen LogP contribution in [-0.2, 0) is 9.59 Å². The van der Waals surface area contributed by atoms with Gasteiger partial charge in [-0.1, -0.05) is 12.2 Å². The van der Waals surface area contributed by atoms with Crippen molar-refractivity contribution in [2.24, 2.45) is 5.92 Å². The van der Waals surface area contributed by atoms with Crippen molar-refractivity contribution in [3.05, 3.63) is 12.2 Å². The molecule has 0 bridgehead atoms. The van der Waals surface area contributed by atoms with Crippen LogP contribution in [-0.4, -0.2) is 65.9 Å². The summed E-state index contributed by atoms with van der Waals surface area (Å²) in [5.74, 6) is -0.198. The highest BCUT2D eigenvalue weighted by Gasteiger charge is 2.49. The number of carbonyl (C=O) groups excluding carboxylic acids is 3. The van der Waals surface area contributed by atoms with Crippen LogP contribution in [0.2, 0.25) is 0 Å². The number of likely N-dealkylation sites (N-methyl/N-ethyl adjacent to an activating group) is 1. The van der Waals surface area contributed by atoms with Gasteiger partial charge >= 0.3 is 6.03 Å². The number of imide groups is 1. The lowest BCUT2D eigenvalue weighted by molar-refractivity contribution is -0.132. The molecule has 7 heteroatoms. The summed E-state index contributed by atoms with van der Waals surface area (Å²) >= 11 is 0. The normalized spacial score (nSPS) is 27.5. The molecule has 0 saturated carbocycles. The Balaban J connectivity index is 1.98. The van der Waals surface area contributed by atoms with E-state index in [-0.39, 0.29) is 17.7 Å². The molecule has 24 heavy (non-hydrogen) atoms. The maximum atomic E-state index is 12.5. The van der Waals surface area contributed by atoms with E-state index in [4.69, 9.17) is 0 Å². The molecule has 2 atom stereocenters. The first-order valence-electron chi connectivity index (χ1n) is 8.54. The Kier molecular flexibility index (Phi) is 5.64. The van der Waals surface area contributed by atoms with Crippen LogP contribution >= 0.6 is 0 Å². The number of nitrogens with one attached hydrogen (secondary N) is 2. The lowest BCUT2D eigenvalue weighted by Gasteiger charge is -2.39. The predicted molar refractivity (Wildman–Crippen MR) is 91.3 cm³/mol. The number of nitrogens with zero attached hydrogens (tertiary/aromatic N) is 2. The first kappa shape index (κ1) is 18.4. The molecular weight excluding hydrogens is 308 g/mol. The first-order valence-corrected chi connectivity index (χ1v) is 8.54. The summed E-state index contributed by atoms with van der Waals surface area (Å²) in [5.41, 5.74) is 0.0700. The van der Waals surface area contributed by atoms with Crippen LogP contribution in [0.25, 0.3) is 0 Å². The zero-order valence-corrected chi connectivity index (χ0v) is 14.9. The average Bonchev–Trinajstić information content (AvgIpc) is 2.78. The van der Waals surface area contributed by atoms with Gasteiger partial charge in [-0.3, -0.25) is 19.8 Å². The molecule has 2 N–H and O–H groups in total. The average molecular weight is 336 g/mol. The molecule has 2 fully saturated rings. The van der Waals surface area contributed by atoms with E-state index in [0.29, 0.717) is 26.2 Å². The third kappa shape index (κ3) is 3.95. The minimum absolute atomic E-state index is 0.00159. The van der Waals surface area contributed by atoms with E-state index in [9.17, 15) is 14.4 Å². The van der Waals surface area contributed by atoms with Gasteiger partial charge in [0, 0.05) is 25.6 Å². The fourth-order valence-corrected chi connectivity index (χ4v) is 3.51. The quantitative estimate of drug-likeness (QED) is 0.553. The molecule has 0 aliphatic carbocycles. The summed E-state index contributed by atoms with van der Waals surface area (Å²) in [4.78, 5) is 40.0. The van der Waals surface area contributed by atoms with Crippen molar-refractivity contribution >= 4 is 17.8 Å². The summed E-state index contributed by atoms with van der Waals surface area (Å²) in [6.45, 7) is 12.5. The van der Waals surface area contributed by atoms with Crippen LogP contribution in [0.5, 0.6) is 0 Å². The number of likely N-dealkylation sites (tertiary alicyclic amines) is 1. The van der Waals surface area contributed by atoms with E-state index < -0.39 is 11.6 Å². The number of hydrogen-bond donors (Lipinski definition) is 2. The van der Waals surface area contributed by atoms with E-state index in [1.807, 2.05) is 13.8 Å². The Bertz CT molecular complexity index is 548. The van der Waals surface area contributed by atoms with Crippen molar-refractivity contribution in [1.29, 1.82) is 0 Å². The number of urea groups is 1. The first-order chi connectivity index (χ1) is 11.3. The highest BCUT2D eigenvalue weighted by atomic mass is 16.2. The molecule has 0 radical (unpaired) electrons. The van der Waals surface area contributed by atoms with Gasteiger partial charge in [0.2, 0.25) is 5.91 Å². The lowest BCUT2D eigenvalue weighted by Crippen LogP contribution is -2.56. The third-order valence-electron chi connectivity index (χ3n) is 4.95. The van der Waals surface area contributed by atoms with Crippen LogP contribution in [0.3, 0.4) is 0 Å². The van der Waals surface area contributed by atoms with Gasteiger partial charge in [-0.2, -0.15) is 0 Å². The second-order valence-corrected chi connectivity index (χ2v) is 7.05. The van der Waals surface area contributed by atoms with Crippen molar-refractivity contribution in [3.63, 3.8) is 0 Å². The third-order valence-corrected chi connectivity index (χ3v) is 4.95. The van der Waals surface area contributed by atoms with Crippen molar-refractivity contribution in [1.82, 2.24) is 20.4 Å². The molecule has 2 saturated heterocycles. The molecule has 2 aliphatic heterocycles. The minimum Gasteiger partial charge on any atom is -0.338 e. The molecular formula is C17H28N4O3. The fourth-order valence-electron chi connectivity index (χ4n) is 3.51. The van der Waals surface area contributed by atoms with Crippen LogP contribution in [0, 0.1) is 5.92 Å². The molecule has 0 aromatic rings. The number of hydrogen-bond acceptors (Lipinski definition) is 4. The largest absolute Gasteiger partial charge is 0.338 e. The topological polar surface area (TPSA) is 81.8 Å². The van der Waals surface area contributed by atoms with Crippen molar-refractivity contribution in [2.45, 2.75) is 39.2 Å². The summed E-state index contributed by atoms with van der Waals surface area (Å²) in [7, 11) is 0. The van der Waals surface area contributed by atoms with E-state index in [1.165, 1.54) is 0 Å². The standard InChI is InChI=1S/C17H28N4O3/c1-5-21(9-12(2)3)14(22)11-20-8-6-7-13(10-20)17(4)15(23)18-16(24)19-17/h13H,2,5-11H2,1,3-4H3,(H2,18,19,23,24)/t13-,17+/m0/s1. The van der Waals surface area contributed by atoms with Crippen LogP contribution in [0.1, 0.15) is 33.6 Å². The molecule has 2 rings (SSSR count). The Morgan fingerprint density at radius 1 is 1.46 bits per heavy atom. The fraction of sp³-hybridized carbons (Fsp3) is 0.706. The van der Waals surface area contributed by atoms with Gasteiger partial charge in [0.25, 0.3) is 5.91 Å². The molecule has 0 unspecified atom stereocenters. The Morgan fingerprint density at radius 2 is 2.17 bits per heavy atom. The molecule has 7 nitrogen and oxygen atoms in total. The Morgan fingerprint density at radius 3 is 2.71 bits per heavy atom. The van der Waals surface area contributed by atoms with Crippen LogP contribution < -0.4 is 10.6 Å². The molecule has 134 valence electrons. The van der Waals surface area contributed by atoms with Gasteiger partial charge in [-0.05, 0) is 40.2 Å². The van der Waals surface area contributed by atoms with E-state index in [1.54, 1.807) is 11.8 Å². The highest BCUT2D eigenvalue weighted by molar-refractivity contribution is 6.07. The number of amides is 4. The second kappa shape index (κ2) is 7.34. The molecule has 2 heterocycles. The van der Waals surface area contributed by atoms with E-state index >= 15 is 0 Å². The van der Waals surface area contributed by atoms with Gasteiger partial charge in [-0.25, -0.2) is 4.79 Å².